The molecule has 0 saturated carbocycles. The molecule has 0 aliphatic carbocycles. The van der Waals surface area contributed by atoms with E-state index >= 15 is 0 Å². The van der Waals surface area contributed by atoms with Gasteiger partial charge in [-0.25, -0.2) is 0 Å². The number of aryl methyl sites for hydroxylation is 1. The van der Waals surface area contributed by atoms with Gasteiger partial charge in [0.25, 0.3) is 5.91 Å². The van der Waals surface area contributed by atoms with Gasteiger partial charge in [-0.05, 0) is 74.7 Å². The van der Waals surface area contributed by atoms with Crippen molar-refractivity contribution < 1.29 is 23.1 Å². The first-order chi connectivity index (χ1) is 14.3. The first-order valence-corrected chi connectivity index (χ1v) is 9.91. The largest absolute Gasteiger partial charge is 0.416 e. The van der Waals surface area contributed by atoms with Crippen molar-refractivity contribution in [3.63, 3.8) is 0 Å². The van der Waals surface area contributed by atoms with Crippen LogP contribution in [0.25, 0.3) is 10.9 Å². The number of aliphatic hydroxyl groups is 1. The number of nitrogens with one attached hydrogen (secondary N) is 1. The molecule has 4 N–H and O–H groups in total. The predicted octanol–water partition coefficient (Wildman–Crippen LogP) is 4.49. The van der Waals surface area contributed by atoms with Crippen molar-refractivity contribution in [2.45, 2.75) is 45.5 Å². The molecular formula is C23H26F3N3O2. The summed E-state index contributed by atoms with van der Waals surface area (Å²) in [5.74, 6) is -0.372. The maximum Gasteiger partial charge on any atom is 0.416 e. The summed E-state index contributed by atoms with van der Waals surface area (Å²) in [5, 5.41) is 13.4. The van der Waals surface area contributed by atoms with Crippen LogP contribution in [0.5, 0.6) is 0 Å². The second kappa shape index (κ2) is 8.26. The topological polar surface area (TPSA) is 80.3 Å². The lowest BCUT2D eigenvalue weighted by Crippen LogP contribution is -2.32. The molecule has 0 aliphatic rings. The van der Waals surface area contributed by atoms with Crippen LogP contribution in [0.4, 0.5) is 18.9 Å². The summed E-state index contributed by atoms with van der Waals surface area (Å²) in [5.41, 5.74) is 6.90. The fourth-order valence-corrected chi connectivity index (χ4v) is 3.41. The Morgan fingerprint density at radius 2 is 1.84 bits per heavy atom. The van der Waals surface area contributed by atoms with Crippen molar-refractivity contribution in [1.82, 2.24) is 9.88 Å². The van der Waals surface area contributed by atoms with Crippen molar-refractivity contribution in [3.05, 3.63) is 64.8 Å². The molecular weight excluding hydrogens is 407 g/mol. The number of anilines is 1. The Morgan fingerprint density at radius 3 is 2.48 bits per heavy atom. The number of aromatic nitrogens is 1. The molecule has 3 aromatic rings. The third-order valence-electron chi connectivity index (χ3n) is 5.19. The molecule has 0 atom stereocenters. The van der Waals surface area contributed by atoms with Crippen LogP contribution >= 0.6 is 0 Å². The monoisotopic (exact) mass is 433 g/mol. The van der Waals surface area contributed by atoms with Crippen LogP contribution in [0.15, 0.2) is 42.5 Å². The van der Waals surface area contributed by atoms with Crippen LogP contribution in [0, 0.1) is 6.92 Å². The van der Waals surface area contributed by atoms with Crippen LogP contribution in [0.1, 0.15) is 47.4 Å². The van der Waals surface area contributed by atoms with Crippen LogP contribution in [-0.4, -0.2) is 27.7 Å². The number of carbonyl (C=O) groups is 1. The number of nitrogens with two attached hydrogens (primary N) is 1. The number of fused-ring (bicyclic) bond motifs is 1. The van der Waals surface area contributed by atoms with E-state index in [1.807, 2.05) is 0 Å². The number of hydrogen-bond donors (Lipinski definition) is 3. The lowest BCUT2D eigenvalue weighted by atomic mass is 10.0. The molecule has 0 fully saturated rings. The van der Waals surface area contributed by atoms with Crippen molar-refractivity contribution in [1.29, 1.82) is 0 Å². The molecule has 5 nitrogen and oxygen atoms in total. The number of nitrogens with zero attached hydrogens (tertiary/aromatic N) is 1. The minimum atomic E-state index is -4.45. The highest BCUT2D eigenvalue weighted by atomic mass is 19.4. The molecule has 0 spiro atoms. The van der Waals surface area contributed by atoms with E-state index in [9.17, 15) is 23.1 Å². The Bertz CT molecular complexity index is 1110. The number of alkyl halides is 3. The lowest BCUT2D eigenvalue weighted by molar-refractivity contribution is -0.137. The molecule has 0 unspecified atom stereocenters. The molecule has 0 saturated heterocycles. The van der Waals surface area contributed by atoms with E-state index in [0.717, 1.165) is 17.5 Å². The normalized spacial score (nSPS) is 12.4. The summed E-state index contributed by atoms with van der Waals surface area (Å²) in [6.07, 6.45) is -4.09. The van der Waals surface area contributed by atoms with Crippen molar-refractivity contribution in [2.75, 3.05) is 12.3 Å². The summed E-state index contributed by atoms with van der Waals surface area (Å²) < 4.78 is 41.3. The minimum absolute atomic E-state index is 0.0947. The SMILES string of the molecule is Cc1ccc(C(F)(F)F)cc1Cn1c(C(=O)NCCC(C)(C)O)cc2cc(N)ccc21. The molecule has 8 heteroatoms. The lowest BCUT2D eigenvalue weighted by Gasteiger charge is -2.18. The summed E-state index contributed by atoms with van der Waals surface area (Å²) in [6, 6.07) is 10.4. The Kier molecular flexibility index (Phi) is 6.04. The number of carbonyl (C=O) groups excluding carboxylic acids is 1. The standard InChI is InChI=1S/C23H26F3N3O2/c1-14-4-5-17(23(24,25)26)10-16(14)13-29-19-7-6-18(27)11-15(19)12-20(29)21(30)28-9-8-22(2,3)31/h4-7,10-12,31H,8-9,13,27H2,1-3H3,(H,28,30). The molecule has 166 valence electrons. The maximum atomic E-state index is 13.2. The molecule has 0 radical (unpaired) electrons. The zero-order valence-corrected chi connectivity index (χ0v) is 17.7. The van der Waals surface area contributed by atoms with Crippen molar-refractivity contribution in [2.24, 2.45) is 0 Å². The van der Waals surface area contributed by atoms with Crippen LogP contribution in [0.2, 0.25) is 0 Å². The molecule has 31 heavy (non-hydrogen) atoms. The van der Waals surface area contributed by atoms with Crippen LogP contribution < -0.4 is 11.1 Å². The first kappa shape index (κ1) is 22.7. The Labute approximate surface area is 178 Å². The van der Waals surface area contributed by atoms with Crippen LogP contribution in [-0.2, 0) is 12.7 Å². The second-order valence-electron chi connectivity index (χ2n) is 8.39. The highest BCUT2D eigenvalue weighted by Crippen LogP contribution is 2.31. The van der Waals surface area contributed by atoms with E-state index in [1.165, 1.54) is 6.07 Å². The van der Waals surface area contributed by atoms with Crippen molar-refractivity contribution >= 4 is 22.5 Å². The first-order valence-electron chi connectivity index (χ1n) is 9.91. The summed E-state index contributed by atoms with van der Waals surface area (Å²) in [7, 11) is 0. The van der Waals surface area contributed by atoms with Gasteiger partial charge in [0.1, 0.15) is 5.69 Å². The molecule has 0 aliphatic heterocycles. The number of rotatable bonds is 6. The average Bonchev–Trinajstić information content (AvgIpc) is 2.99. The number of hydrogen-bond acceptors (Lipinski definition) is 3. The number of nitrogen functional groups attached to an aromatic ring is 1. The number of amides is 1. The summed E-state index contributed by atoms with van der Waals surface area (Å²) in [4.78, 5) is 12.9. The van der Waals surface area contributed by atoms with Gasteiger partial charge in [-0.15, -0.1) is 0 Å². The second-order valence-corrected chi connectivity index (χ2v) is 8.39. The van der Waals surface area contributed by atoms with E-state index < -0.39 is 17.3 Å². The Balaban J connectivity index is 2.01. The molecule has 1 amide bonds. The third kappa shape index (κ3) is 5.38. The van der Waals surface area contributed by atoms with Gasteiger partial charge >= 0.3 is 6.18 Å². The van der Waals surface area contributed by atoms with Gasteiger partial charge in [0.05, 0.1) is 11.2 Å². The van der Waals surface area contributed by atoms with E-state index in [1.54, 1.807) is 49.6 Å². The van der Waals surface area contributed by atoms with E-state index in [0.29, 0.717) is 34.4 Å². The van der Waals surface area contributed by atoms with Crippen LogP contribution in [0.3, 0.4) is 0 Å². The van der Waals surface area contributed by atoms with E-state index in [-0.39, 0.29) is 19.0 Å². The predicted molar refractivity (Wildman–Crippen MR) is 115 cm³/mol. The maximum absolute atomic E-state index is 13.2. The Morgan fingerprint density at radius 1 is 1.13 bits per heavy atom. The molecule has 1 aromatic heterocycles. The highest BCUT2D eigenvalue weighted by Gasteiger charge is 2.31. The highest BCUT2D eigenvalue weighted by molar-refractivity contribution is 5.99. The fourth-order valence-electron chi connectivity index (χ4n) is 3.41. The van der Waals surface area contributed by atoms with E-state index in [2.05, 4.69) is 5.32 Å². The van der Waals surface area contributed by atoms with Gasteiger partial charge < -0.3 is 20.7 Å². The third-order valence-corrected chi connectivity index (χ3v) is 5.19. The summed E-state index contributed by atoms with van der Waals surface area (Å²) >= 11 is 0. The zero-order valence-electron chi connectivity index (χ0n) is 17.7. The molecule has 0 bridgehead atoms. The quantitative estimate of drug-likeness (QED) is 0.501. The van der Waals surface area contributed by atoms with Gasteiger partial charge in [0.2, 0.25) is 0 Å². The van der Waals surface area contributed by atoms with Gasteiger partial charge in [-0.3, -0.25) is 4.79 Å². The smallest absolute Gasteiger partial charge is 0.399 e. The van der Waals surface area contributed by atoms with Gasteiger partial charge in [0.15, 0.2) is 0 Å². The molecule has 3 rings (SSSR count). The van der Waals surface area contributed by atoms with E-state index in [4.69, 9.17) is 5.73 Å². The summed E-state index contributed by atoms with van der Waals surface area (Å²) in [6.45, 7) is 5.39. The zero-order chi connectivity index (χ0) is 23.0. The van der Waals surface area contributed by atoms with Gasteiger partial charge in [0, 0.05) is 29.7 Å². The molecule has 1 heterocycles. The minimum Gasteiger partial charge on any atom is -0.399 e. The fraction of sp³-hybridized carbons (Fsp3) is 0.348. The van der Waals surface area contributed by atoms with Gasteiger partial charge in [-0.1, -0.05) is 6.07 Å². The van der Waals surface area contributed by atoms with Gasteiger partial charge in [-0.2, -0.15) is 13.2 Å². The Hall–Kier alpha value is -3.00. The number of halogens is 3. The molecule has 2 aromatic carbocycles. The van der Waals surface area contributed by atoms with Crippen molar-refractivity contribution in [3.8, 4) is 0 Å². The average molecular weight is 433 g/mol. The number of benzene rings is 2.